The van der Waals surface area contributed by atoms with Gasteiger partial charge in [0.25, 0.3) is 0 Å². The molecule has 5 fully saturated rings. The Labute approximate surface area is 192 Å². The molecule has 4 saturated carbocycles. The van der Waals surface area contributed by atoms with Gasteiger partial charge in [-0.15, -0.1) is 0 Å². The molecule has 6 nitrogen and oxygen atoms in total. The van der Waals surface area contributed by atoms with Crippen molar-refractivity contribution in [2.75, 3.05) is 0 Å². The van der Waals surface area contributed by atoms with Crippen molar-refractivity contribution in [1.29, 1.82) is 0 Å². The van der Waals surface area contributed by atoms with Crippen molar-refractivity contribution in [1.82, 2.24) is 0 Å². The highest BCUT2D eigenvalue weighted by molar-refractivity contribution is 5.16. The van der Waals surface area contributed by atoms with Crippen molar-refractivity contribution in [3.05, 3.63) is 0 Å². The summed E-state index contributed by atoms with van der Waals surface area (Å²) in [6.45, 7) is 8.85. The van der Waals surface area contributed by atoms with Gasteiger partial charge in [0, 0.05) is 0 Å². The van der Waals surface area contributed by atoms with Gasteiger partial charge in [-0.1, -0.05) is 20.8 Å². The Kier molecular flexibility index (Phi) is 5.79. The molecule has 5 aliphatic rings. The van der Waals surface area contributed by atoms with E-state index < -0.39 is 36.3 Å². The summed E-state index contributed by atoms with van der Waals surface area (Å²) in [5, 5.41) is 42.4. The number of rotatable bonds is 2. The number of hydrogen-bond donors (Lipinski definition) is 4. The Balaban J connectivity index is 1.28. The van der Waals surface area contributed by atoms with Crippen molar-refractivity contribution < 1.29 is 29.9 Å². The van der Waals surface area contributed by atoms with Gasteiger partial charge < -0.3 is 29.9 Å². The van der Waals surface area contributed by atoms with Crippen molar-refractivity contribution in [2.45, 2.75) is 128 Å². The van der Waals surface area contributed by atoms with Crippen LogP contribution in [0.3, 0.4) is 0 Å². The topological polar surface area (TPSA) is 99.4 Å². The first-order valence-electron chi connectivity index (χ1n) is 13.1. The van der Waals surface area contributed by atoms with E-state index in [9.17, 15) is 20.4 Å². The molecule has 0 aromatic heterocycles. The third kappa shape index (κ3) is 3.20. The molecule has 184 valence electrons. The molecule has 32 heavy (non-hydrogen) atoms. The van der Waals surface area contributed by atoms with Crippen LogP contribution >= 0.6 is 0 Å². The fourth-order valence-corrected chi connectivity index (χ4v) is 8.89. The molecule has 1 heterocycles. The summed E-state index contributed by atoms with van der Waals surface area (Å²) >= 11 is 0. The molecule has 6 heteroatoms. The van der Waals surface area contributed by atoms with Gasteiger partial charge in [0.15, 0.2) is 6.29 Å². The van der Waals surface area contributed by atoms with Gasteiger partial charge in [-0.25, -0.2) is 0 Å². The average molecular weight is 453 g/mol. The second-order valence-corrected chi connectivity index (χ2v) is 12.5. The first-order valence-corrected chi connectivity index (χ1v) is 13.1. The highest BCUT2D eigenvalue weighted by Crippen LogP contribution is 2.69. The lowest BCUT2D eigenvalue weighted by molar-refractivity contribution is -0.310. The molecule has 13 atom stereocenters. The Hall–Kier alpha value is -0.240. The predicted octanol–water partition coefficient (Wildman–Crippen LogP) is 2.99. The molecule has 4 N–H and O–H groups in total. The van der Waals surface area contributed by atoms with Crippen LogP contribution in [0.1, 0.15) is 85.5 Å². The van der Waals surface area contributed by atoms with E-state index in [1.54, 1.807) is 6.92 Å². The zero-order valence-corrected chi connectivity index (χ0v) is 20.2. The third-order valence-corrected chi connectivity index (χ3v) is 11.4. The highest BCUT2D eigenvalue weighted by atomic mass is 16.7. The second-order valence-electron chi connectivity index (χ2n) is 12.5. The van der Waals surface area contributed by atoms with Crippen molar-refractivity contribution in [3.8, 4) is 0 Å². The van der Waals surface area contributed by atoms with E-state index in [4.69, 9.17) is 9.47 Å². The lowest BCUT2D eigenvalue weighted by Gasteiger charge is -2.63. The van der Waals surface area contributed by atoms with Crippen LogP contribution < -0.4 is 0 Å². The molecular weight excluding hydrogens is 408 g/mol. The SMILES string of the molecule is C[C@@H]1O[C@@H](O[C@H]2CC[C@@]3(C)[C@H](CC[C@@H]4[C@@H]3CC[C@]3(C)[C@@H](C)CC[C@]43O)C2)[C@H](O)[C@H](O)[C@H]1O. The lowest BCUT2D eigenvalue weighted by Crippen LogP contribution is -2.62. The number of fused-ring (bicyclic) bond motifs is 5. The normalized spacial score (nSPS) is 60.4. The van der Waals surface area contributed by atoms with Gasteiger partial charge in [0.1, 0.15) is 18.3 Å². The quantitative estimate of drug-likeness (QED) is 0.481. The molecule has 0 unspecified atom stereocenters. The molecule has 4 aliphatic carbocycles. The maximum absolute atomic E-state index is 12.0. The van der Waals surface area contributed by atoms with Crippen LogP contribution in [0.25, 0.3) is 0 Å². The van der Waals surface area contributed by atoms with E-state index in [0.717, 1.165) is 51.4 Å². The van der Waals surface area contributed by atoms with Gasteiger partial charge in [-0.05, 0) is 99.2 Å². The molecular formula is C26H44O6. The Morgan fingerprint density at radius 1 is 0.812 bits per heavy atom. The number of aliphatic hydroxyl groups is 4. The summed E-state index contributed by atoms with van der Waals surface area (Å²) in [6.07, 6.45) is 4.51. The zero-order valence-electron chi connectivity index (χ0n) is 20.2. The van der Waals surface area contributed by atoms with Crippen LogP contribution in [0.15, 0.2) is 0 Å². The fourth-order valence-electron chi connectivity index (χ4n) is 8.89. The Bertz CT molecular complexity index is 716. The van der Waals surface area contributed by atoms with Gasteiger partial charge in [-0.2, -0.15) is 0 Å². The average Bonchev–Trinajstić information content (AvgIpc) is 3.00. The summed E-state index contributed by atoms with van der Waals surface area (Å²) < 4.78 is 11.9. The lowest BCUT2D eigenvalue weighted by atomic mass is 9.43. The van der Waals surface area contributed by atoms with E-state index in [-0.39, 0.29) is 16.9 Å². The smallest absolute Gasteiger partial charge is 0.186 e. The highest BCUT2D eigenvalue weighted by Gasteiger charge is 2.66. The zero-order chi connectivity index (χ0) is 23.1. The standard InChI is InChI=1S/C26H44O6/c1-14-7-12-26(30)19-6-5-16-13-17(32-23-22(29)21(28)20(27)15(2)31-23)8-10-24(16,3)18(19)9-11-25(14,26)4/h14-23,27-30H,5-13H2,1-4H3/t14-,15-,16+,17-,18-,19+,20-,21+,22+,23-,24-,25+,26-/m0/s1. The van der Waals surface area contributed by atoms with Crippen LogP contribution in [-0.2, 0) is 9.47 Å². The number of aliphatic hydroxyl groups excluding tert-OH is 3. The largest absolute Gasteiger partial charge is 0.389 e. The van der Waals surface area contributed by atoms with Gasteiger partial charge in [0.2, 0.25) is 0 Å². The molecule has 0 aromatic carbocycles. The maximum atomic E-state index is 12.0. The minimum absolute atomic E-state index is 0.0117. The maximum Gasteiger partial charge on any atom is 0.186 e. The van der Waals surface area contributed by atoms with E-state index in [1.165, 1.54) is 6.42 Å². The Morgan fingerprint density at radius 3 is 2.31 bits per heavy atom. The summed E-state index contributed by atoms with van der Waals surface area (Å²) in [6, 6.07) is 0. The molecule has 0 aromatic rings. The van der Waals surface area contributed by atoms with E-state index in [0.29, 0.717) is 23.7 Å². The van der Waals surface area contributed by atoms with Gasteiger partial charge in [-0.3, -0.25) is 0 Å². The van der Waals surface area contributed by atoms with Crippen LogP contribution in [0, 0.1) is 34.5 Å². The third-order valence-electron chi connectivity index (χ3n) is 11.4. The Morgan fingerprint density at radius 2 is 1.56 bits per heavy atom. The molecule has 0 radical (unpaired) electrons. The number of hydrogen-bond acceptors (Lipinski definition) is 6. The minimum Gasteiger partial charge on any atom is -0.389 e. The summed E-state index contributed by atoms with van der Waals surface area (Å²) in [7, 11) is 0. The van der Waals surface area contributed by atoms with E-state index in [1.807, 2.05) is 0 Å². The monoisotopic (exact) mass is 452 g/mol. The molecule has 1 aliphatic heterocycles. The second kappa shape index (κ2) is 7.89. The van der Waals surface area contributed by atoms with Crippen molar-refractivity contribution >= 4 is 0 Å². The van der Waals surface area contributed by atoms with Crippen LogP contribution in [0.4, 0.5) is 0 Å². The fraction of sp³-hybridized carbons (Fsp3) is 1.00. The minimum atomic E-state index is -1.25. The van der Waals surface area contributed by atoms with Crippen molar-refractivity contribution in [3.63, 3.8) is 0 Å². The van der Waals surface area contributed by atoms with E-state index in [2.05, 4.69) is 20.8 Å². The molecule has 1 saturated heterocycles. The van der Waals surface area contributed by atoms with Gasteiger partial charge in [0.05, 0.1) is 17.8 Å². The van der Waals surface area contributed by atoms with Crippen molar-refractivity contribution in [2.24, 2.45) is 34.5 Å². The molecule has 0 amide bonds. The summed E-state index contributed by atoms with van der Waals surface area (Å²) in [5.74, 6) is 2.12. The van der Waals surface area contributed by atoms with Crippen LogP contribution in [0.2, 0.25) is 0 Å². The molecule has 0 bridgehead atoms. The van der Waals surface area contributed by atoms with Gasteiger partial charge >= 0.3 is 0 Å². The summed E-state index contributed by atoms with van der Waals surface area (Å²) in [5.41, 5.74) is -0.223. The summed E-state index contributed by atoms with van der Waals surface area (Å²) in [4.78, 5) is 0. The first kappa shape index (κ1) is 23.5. The first-order chi connectivity index (χ1) is 15.0. The van der Waals surface area contributed by atoms with E-state index >= 15 is 0 Å². The molecule has 5 rings (SSSR count). The number of ether oxygens (including phenoxy) is 2. The molecule has 0 spiro atoms. The van der Waals surface area contributed by atoms with Crippen LogP contribution in [-0.4, -0.2) is 62.8 Å². The van der Waals surface area contributed by atoms with Crippen LogP contribution in [0.5, 0.6) is 0 Å². The predicted molar refractivity (Wildman–Crippen MR) is 120 cm³/mol.